The minimum Gasteiger partial charge on any atom is -0.482 e. The van der Waals surface area contributed by atoms with Gasteiger partial charge in [-0.2, -0.15) is 0 Å². The number of hydrogen-bond donors (Lipinski definition) is 0. The highest BCUT2D eigenvalue weighted by Crippen LogP contribution is 2.09. The second-order valence-corrected chi connectivity index (χ2v) is 3.57. The van der Waals surface area contributed by atoms with Crippen LogP contribution in [0.2, 0.25) is 0 Å². The van der Waals surface area contributed by atoms with Gasteiger partial charge in [0.2, 0.25) is 4.38 Å². The van der Waals surface area contributed by atoms with Gasteiger partial charge in [-0.15, -0.1) is 0 Å². The van der Waals surface area contributed by atoms with Crippen molar-refractivity contribution in [1.82, 2.24) is 0 Å². The summed E-state index contributed by atoms with van der Waals surface area (Å²) in [4.78, 5) is 0. The zero-order valence-electron chi connectivity index (χ0n) is 6.09. The lowest BCUT2D eigenvalue weighted by atomic mass is 10.3. The number of hydrogen-bond acceptors (Lipinski definition) is 3. The second-order valence-electron chi connectivity index (χ2n) is 1.87. The molecule has 0 saturated heterocycles. The monoisotopic (exact) mass is 182 g/mol. The Balaban J connectivity index is 3.12. The molecule has 0 aliphatic rings. The van der Waals surface area contributed by atoms with Gasteiger partial charge in [0, 0.05) is 5.75 Å². The van der Waals surface area contributed by atoms with Gasteiger partial charge in [-0.25, -0.2) is 4.39 Å². The summed E-state index contributed by atoms with van der Waals surface area (Å²) in [5, 5.41) is 0. The van der Waals surface area contributed by atoms with Crippen molar-refractivity contribution in [2.45, 2.75) is 19.5 Å². The van der Waals surface area contributed by atoms with Crippen LogP contribution >= 0.6 is 24.0 Å². The molecule has 1 nitrogen and oxygen atoms in total. The molecule has 0 aliphatic heterocycles. The number of thioether (sulfide) groups is 1. The fourth-order valence-electron chi connectivity index (χ4n) is 0.364. The maximum Gasteiger partial charge on any atom is 0.219 e. The SMILES string of the molecule is COC(=S)SCCC(C)F. The Kier molecular flexibility index (Phi) is 6.02. The normalized spacial score (nSPS) is 12.7. The highest BCUT2D eigenvalue weighted by Gasteiger charge is 1.99. The first-order valence-electron chi connectivity index (χ1n) is 3.01. The number of methoxy groups -OCH3 is 1. The fraction of sp³-hybridized carbons (Fsp3) is 0.833. The molecule has 0 bridgehead atoms. The van der Waals surface area contributed by atoms with Gasteiger partial charge in [-0.3, -0.25) is 0 Å². The van der Waals surface area contributed by atoms with Crippen LogP contribution in [0.4, 0.5) is 4.39 Å². The first-order valence-corrected chi connectivity index (χ1v) is 4.41. The zero-order chi connectivity index (χ0) is 7.98. The van der Waals surface area contributed by atoms with Gasteiger partial charge in [0.25, 0.3) is 0 Å². The molecule has 0 aliphatic carbocycles. The third kappa shape index (κ3) is 6.29. The van der Waals surface area contributed by atoms with E-state index in [-0.39, 0.29) is 0 Å². The van der Waals surface area contributed by atoms with E-state index in [0.29, 0.717) is 16.6 Å². The van der Waals surface area contributed by atoms with E-state index in [9.17, 15) is 4.39 Å². The Bertz CT molecular complexity index is 106. The number of alkyl halides is 1. The molecule has 0 heterocycles. The Morgan fingerprint density at radius 1 is 1.80 bits per heavy atom. The Hall–Kier alpha value is 0.170. The minimum atomic E-state index is -0.743. The van der Waals surface area contributed by atoms with Crippen LogP contribution in [0.25, 0.3) is 0 Å². The standard InChI is InChI=1S/C6H11FOS2/c1-5(7)3-4-10-6(9)8-2/h5H,3-4H2,1-2H3. The summed E-state index contributed by atoms with van der Waals surface area (Å²) >= 11 is 6.10. The van der Waals surface area contributed by atoms with Crippen LogP contribution in [0, 0.1) is 0 Å². The molecular weight excluding hydrogens is 171 g/mol. The van der Waals surface area contributed by atoms with E-state index in [1.807, 2.05) is 0 Å². The molecule has 0 N–H and O–H groups in total. The van der Waals surface area contributed by atoms with Crippen molar-refractivity contribution >= 4 is 28.4 Å². The fourth-order valence-corrected chi connectivity index (χ4v) is 1.34. The van der Waals surface area contributed by atoms with Crippen molar-refractivity contribution in [3.63, 3.8) is 0 Å². The molecule has 4 heteroatoms. The lowest BCUT2D eigenvalue weighted by Crippen LogP contribution is -1.98. The van der Waals surface area contributed by atoms with Crippen molar-refractivity contribution in [2.24, 2.45) is 0 Å². The van der Waals surface area contributed by atoms with Crippen LogP contribution in [0.1, 0.15) is 13.3 Å². The van der Waals surface area contributed by atoms with Gasteiger partial charge in [-0.1, -0.05) is 11.8 Å². The van der Waals surface area contributed by atoms with E-state index < -0.39 is 6.17 Å². The van der Waals surface area contributed by atoms with Crippen LogP contribution in [0.15, 0.2) is 0 Å². The van der Waals surface area contributed by atoms with Crippen LogP contribution in [-0.2, 0) is 4.74 Å². The maximum atomic E-state index is 12.2. The van der Waals surface area contributed by atoms with Crippen LogP contribution in [0.3, 0.4) is 0 Å². The number of thiocarbonyl (C=S) groups is 1. The molecule has 0 spiro atoms. The average molecular weight is 182 g/mol. The van der Waals surface area contributed by atoms with Gasteiger partial charge in [0.05, 0.1) is 13.3 Å². The third-order valence-electron chi connectivity index (χ3n) is 0.902. The van der Waals surface area contributed by atoms with E-state index in [2.05, 4.69) is 0 Å². The smallest absolute Gasteiger partial charge is 0.219 e. The molecule has 1 atom stereocenters. The maximum absolute atomic E-state index is 12.2. The van der Waals surface area contributed by atoms with E-state index in [1.54, 1.807) is 0 Å². The topological polar surface area (TPSA) is 9.23 Å². The summed E-state index contributed by atoms with van der Waals surface area (Å²) < 4.78 is 17.3. The molecule has 0 fully saturated rings. The largest absolute Gasteiger partial charge is 0.482 e. The molecule has 0 radical (unpaired) electrons. The summed E-state index contributed by atoms with van der Waals surface area (Å²) in [5.41, 5.74) is 0. The molecule has 10 heavy (non-hydrogen) atoms. The van der Waals surface area contributed by atoms with Crippen LogP contribution in [-0.4, -0.2) is 23.4 Å². The van der Waals surface area contributed by atoms with E-state index in [0.717, 1.165) is 0 Å². The summed E-state index contributed by atoms with van der Waals surface area (Å²) in [7, 11) is 1.52. The highest BCUT2D eigenvalue weighted by molar-refractivity contribution is 8.22. The molecule has 0 aromatic rings. The van der Waals surface area contributed by atoms with E-state index in [4.69, 9.17) is 17.0 Å². The van der Waals surface area contributed by atoms with Crippen molar-refractivity contribution in [2.75, 3.05) is 12.9 Å². The molecule has 0 aromatic carbocycles. The number of ether oxygens (including phenoxy) is 1. The Labute approximate surface area is 70.3 Å². The summed E-state index contributed by atoms with van der Waals surface area (Å²) in [5.74, 6) is 0.699. The first kappa shape index (κ1) is 10.2. The lowest BCUT2D eigenvalue weighted by Gasteiger charge is -2.01. The average Bonchev–Trinajstić information content (AvgIpc) is 1.87. The first-order chi connectivity index (χ1) is 4.66. The Morgan fingerprint density at radius 2 is 2.40 bits per heavy atom. The Morgan fingerprint density at radius 3 is 2.80 bits per heavy atom. The number of halogens is 1. The van der Waals surface area contributed by atoms with Gasteiger partial charge in [-0.05, 0) is 25.6 Å². The van der Waals surface area contributed by atoms with Crippen molar-refractivity contribution in [3.05, 3.63) is 0 Å². The zero-order valence-corrected chi connectivity index (χ0v) is 7.73. The third-order valence-corrected chi connectivity index (χ3v) is 2.26. The lowest BCUT2D eigenvalue weighted by molar-refractivity contribution is 0.354. The van der Waals surface area contributed by atoms with Crippen LogP contribution in [0.5, 0.6) is 0 Å². The predicted molar refractivity (Wildman–Crippen MR) is 47.3 cm³/mol. The van der Waals surface area contributed by atoms with Gasteiger partial charge in [0.15, 0.2) is 0 Å². The molecule has 1 unspecified atom stereocenters. The summed E-state index contributed by atoms with van der Waals surface area (Å²) in [6.45, 7) is 1.54. The molecular formula is C6H11FOS2. The molecule has 0 amide bonds. The second kappa shape index (κ2) is 5.92. The predicted octanol–water partition coefficient (Wildman–Crippen LogP) is 2.40. The highest BCUT2D eigenvalue weighted by atomic mass is 32.2. The van der Waals surface area contributed by atoms with Crippen molar-refractivity contribution < 1.29 is 9.13 Å². The molecule has 0 rings (SSSR count). The molecule has 0 aromatic heterocycles. The van der Waals surface area contributed by atoms with Crippen LogP contribution < -0.4 is 0 Å². The van der Waals surface area contributed by atoms with E-state index >= 15 is 0 Å². The van der Waals surface area contributed by atoms with E-state index in [1.165, 1.54) is 25.8 Å². The quantitative estimate of drug-likeness (QED) is 0.620. The van der Waals surface area contributed by atoms with Crippen molar-refractivity contribution in [1.29, 1.82) is 0 Å². The minimum absolute atomic E-state index is 0.487. The van der Waals surface area contributed by atoms with Gasteiger partial charge in [0.1, 0.15) is 0 Å². The van der Waals surface area contributed by atoms with Gasteiger partial charge >= 0.3 is 0 Å². The van der Waals surface area contributed by atoms with Crippen molar-refractivity contribution in [3.8, 4) is 0 Å². The summed E-state index contributed by atoms with van der Waals surface area (Å²) in [6, 6.07) is 0. The molecule has 60 valence electrons. The summed E-state index contributed by atoms with van der Waals surface area (Å²) in [6.07, 6.45) is -0.207. The molecule has 0 saturated carbocycles. The van der Waals surface area contributed by atoms with Gasteiger partial charge < -0.3 is 4.74 Å². The number of rotatable bonds is 3.